The van der Waals surface area contributed by atoms with E-state index in [0.29, 0.717) is 10.1 Å². The third kappa shape index (κ3) is 3.85. The van der Waals surface area contributed by atoms with Crippen molar-refractivity contribution in [2.45, 2.75) is 28.0 Å². The minimum atomic E-state index is 0.458. The van der Waals surface area contributed by atoms with Crippen LogP contribution in [0.4, 0.5) is 5.69 Å². The summed E-state index contributed by atoms with van der Waals surface area (Å²) in [5, 5.41) is 6.22. The number of fused-ring (bicyclic) bond motifs is 1. The lowest BCUT2D eigenvalue weighted by Crippen LogP contribution is -2.33. The molecule has 0 spiro atoms. The highest BCUT2D eigenvalue weighted by molar-refractivity contribution is 14.1. The molecule has 1 aliphatic rings. The maximum Gasteiger partial charge on any atom is 0.0826 e. The molecular formula is C21H22IN3S. The molecule has 2 unspecified atom stereocenters. The number of hydrogen-bond donors (Lipinski definition) is 1. The van der Waals surface area contributed by atoms with Crippen LogP contribution in [0.1, 0.15) is 12.0 Å². The monoisotopic (exact) mass is 475 g/mol. The van der Waals surface area contributed by atoms with Crippen molar-refractivity contribution in [2.75, 3.05) is 18.1 Å². The van der Waals surface area contributed by atoms with Crippen LogP contribution in [0.3, 0.4) is 0 Å². The minimum absolute atomic E-state index is 0.458. The van der Waals surface area contributed by atoms with Crippen LogP contribution in [0, 0.1) is 0 Å². The first-order valence-corrected chi connectivity index (χ1v) is 11.3. The minimum Gasteiger partial charge on any atom is -0.379 e. The molecule has 0 radical (unpaired) electrons. The van der Waals surface area contributed by atoms with Crippen LogP contribution in [0.5, 0.6) is 0 Å². The first-order valence-electron chi connectivity index (χ1n) is 8.85. The number of anilines is 1. The molecule has 2 aromatic carbocycles. The van der Waals surface area contributed by atoms with Gasteiger partial charge in [0.05, 0.1) is 10.1 Å². The van der Waals surface area contributed by atoms with Crippen molar-refractivity contribution < 1.29 is 0 Å². The normalized spacial score (nSPS) is 20.5. The highest BCUT2D eigenvalue weighted by atomic mass is 127. The molecule has 2 atom stereocenters. The molecule has 3 nitrogen and oxygen atoms in total. The summed E-state index contributed by atoms with van der Waals surface area (Å²) in [5.41, 5.74) is 2.60. The molecule has 26 heavy (non-hydrogen) atoms. The second kappa shape index (κ2) is 8.15. The number of aromatic nitrogens is 1. The van der Waals surface area contributed by atoms with Gasteiger partial charge in [0.2, 0.25) is 0 Å². The van der Waals surface area contributed by atoms with E-state index in [1.54, 1.807) is 11.8 Å². The second-order valence-corrected chi connectivity index (χ2v) is 8.79. The Hall–Kier alpha value is -1.31. The van der Waals surface area contributed by atoms with Crippen LogP contribution in [0.25, 0.3) is 10.8 Å². The van der Waals surface area contributed by atoms with Crippen molar-refractivity contribution in [2.24, 2.45) is 0 Å². The average molecular weight is 475 g/mol. The van der Waals surface area contributed by atoms with Gasteiger partial charge < -0.3 is 5.32 Å². The Morgan fingerprint density at radius 1 is 1.19 bits per heavy atom. The van der Waals surface area contributed by atoms with Crippen molar-refractivity contribution in [3.63, 3.8) is 0 Å². The van der Waals surface area contributed by atoms with Gasteiger partial charge in [0, 0.05) is 46.8 Å². The van der Waals surface area contributed by atoms with Crippen molar-refractivity contribution in [1.29, 1.82) is 0 Å². The molecule has 1 fully saturated rings. The lowest BCUT2D eigenvalue weighted by atomic mass is 10.1. The summed E-state index contributed by atoms with van der Waals surface area (Å²) >= 11 is 4.39. The number of thioether (sulfide) groups is 1. The molecule has 4 rings (SSSR count). The molecule has 1 aliphatic heterocycles. The first kappa shape index (κ1) is 18.1. The SMILES string of the molecule is CSc1ccc(CN2CCC(Nc3cccc4cnccc34)C2I)cc1. The fourth-order valence-electron chi connectivity index (χ4n) is 3.54. The van der Waals surface area contributed by atoms with E-state index in [1.807, 2.05) is 12.4 Å². The molecule has 0 amide bonds. The number of likely N-dealkylation sites (tertiary alicyclic amines) is 1. The molecule has 134 valence electrons. The summed E-state index contributed by atoms with van der Waals surface area (Å²) in [6, 6.07) is 17.9. The topological polar surface area (TPSA) is 28.2 Å². The van der Waals surface area contributed by atoms with E-state index in [9.17, 15) is 0 Å². The molecular weight excluding hydrogens is 453 g/mol. The van der Waals surface area contributed by atoms with E-state index in [2.05, 4.69) is 92.6 Å². The van der Waals surface area contributed by atoms with Gasteiger partial charge in [-0.3, -0.25) is 9.88 Å². The zero-order chi connectivity index (χ0) is 17.9. The first-order chi connectivity index (χ1) is 12.7. The molecule has 0 saturated carbocycles. The van der Waals surface area contributed by atoms with E-state index < -0.39 is 0 Å². The van der Waals surface area contributed by atoms with Crippen LogP contribution < -0.4 is 5.32 Å². The molecule has 2 heterocycles. The molecule has 3 aromatic rings. The molecule has 1 saturated heterocycles. The molecule has 5 heteroatoms. The van der Waals surface area contributed by atoms with Gasteiger partial charge >= 0.3 is 0 Å². The Balaban J connectivity index is 1.45. The van der Waals surface area contributed by atoms with Gasteiger partial charge in [0.1, 0.15) is 0 Å². The van der Waals surface area contributed by atoms with Crippen molar-refractivity contribution in [3.8, 4) is 0 Å². The zero-order valence-electron chi connectivity index (χ0n) is 14.7. The fourth-order valence-corrected chi connectivity index (χ4v) is 4.96. The van der Waals surface area contributed by atoms with E-state index in [4.69, 9.17) is 0 Å². The van der Waals surface area contributed by atoms with Crippen LogP contribution in [0.2, 0.25) is 0 Å². The second-order valence-electron chi connectivity index (χ2n) is 6.63. The van der Waals surface area contributed by atoms with Crippen LogP contribution in [-0.2, 0) is 6.54 Å². The Morgan fingerprint density at radius 3 is 2.85 bits per heavy atom. The highest BCUT2D eigenvalue weighted by Crippen LogP contribution is 2.31. The molecule has 1 N–H and O–H groups in total. The predicted molar refractivity (Wildman–Crippen MR) is 120 cm³/mol. The van der Waals surface area contributed by atoms with E-state index in [0.717, 1.165) is 19.5 Å². The molecule has 1 aromatic heterocycles. The van der Waals surface area contributed by atoms with Gasteiger partial charge in [-0.2, -0.15) is 0 Å². The number of nitrogens with zero attached hydrogens (tertiary/aromatic N) is 2. The van der Waals surface area contributed by atoms with Gasteiger partial charge in [-0.1, -0.05) is 46.9 Å². The van der Waals surface area contributed by atoms with Crippen molar-refractivity contribution in [1.82, 2.24) is 9.88 Å². The Bertz CT molecular complexity index is 879. The van der Waals surface area contributed by atoms with E-state index in [-0.39, 0.29) is 0 Å². The number of benzene rings is 2. The van der Waals surface area contributed by atoms with Crippen LogP contribution in [-0.4, -0.2) is 32.8 Å². The number of nitrogens with one attached hydrogen (secondary N) is 1. The summed E-state index contributed by atoms with van der Waals surface area (Å²) in [6.07, 6.45) is 7.09. The van der Waals surface area contributed by atoms with Crippen LogP contribution in [0.15, 0.2) is 65.8 Å². The van der Waals surface area contributed by atoms with Gasteiger partial charge in [-0.05, 0) is 42.5 Å². The Morgan fingerprint density at radius 2 is 2.04 bits per heavy atom. The number of halogens is 1. The number of pyridine rings is 1. The van der Waals surface area contributed by atoms with Crippen molar-refractivity contribution in [3.05, 3.63) is 66.5 Å². The maximum atomic E-state index is 4.23. The molecule has 0 bridgehead atoms. The number of rotatable bonds is 5. The molecule has 0 aliphatic carbocycles. The summed E-state index contributed by atoms with van der Waals surface area (Å²) in [5.74, 6) is 0. The smallest absolute Gasteiger partial charge is 0.0826 e. The summed E-state index contributed by atoms with van der Waals surface area (Å²) in [6.45, 7) is 2.14. The summed E-state index contributed by atoms with van der Waals surface area (Å²) < 4.78 is 0.477. The third-order valence-electron chi connectivity index (χ3n) is 4.97. The quantitative estimate of drug-likeness (QED) is 0.231. The van der Waals surface area contributed by atoms with E-state index >= 15 is 0 Å². The zero-order valence-corrected chi connectivity index (χ0v) is 17.7. The third-order valence-corrected chi connectivity index (χ3v) is 7.37. The predicted octanol–water partition coefficient (Wildman–Crippen LogP) is 5.40. The van der Waals surface area contributed by atoms with Crippen molar-refractivity contribution >= 4 is 50.8 Å². The van der Waals surface area contributed by atoms with E-state index in [1.165, 1.54) is 26.9 Å². The Kier molecular flexibility index (Phi) is 5.66. The van der Waals surface area contributed by atoms with Gasteiger partial charge in [0.15, 0.2) is 0 Å². The summed E-state index contributed by atoms with van der Waals surface area (Å²) in [4.78, 5) is 8.13. The standard InChI is InChI=1S/C21H22IN3S/c1-26-17-7-5-15(6-8-17)14-25-12-10-20(21(25)22)24-19-4-2-3-16-13-23-11-9-18(16)19/h2-9,11,13,20-21,24H,10,12,14H2,1H3. The largest absolute Gasteiger partial charge is 0.379 e. The van der Waals surface area contributed by atoms with Gasteiger partial charge in [0.25, 0.3) is 0 Å². The average Bonchev–Trinajstić information content (AvgIpc) is 3.02. The lowest BCUT2D eigenvalue weighted by molar-refractivity contribution is 0.316. The number of alkyl halides is 1. The van der Waals surface area contributed by atoms with Crippen LogP contribution >= 0.6 is 34.4 Å². The summed E-state index contributed by atoms with van der Waals surface area (Å²) in [7, 11) is 0. The lowest BCUT2D eigenvalue weighted by Gasteiger charge is -2.25. The highest BCUT2D eigenvalue weighted by Gasteiger charge is 2.32. The van der Waals surface area contributed by atoms with Gasteiger partial charge in [-0.25, -0.2) is 0 Å². The fraction of sp³-hybridized carbons (Fsp3) is 0.286. The Labute approximate surface area is 172 Å². The maximum absolute atomic E-state index is 4.23. The number of hydrogen-bond acceptors (Lipinski definition) is 4. The van der Waals surface area contributed by atoms with Gasteiger partial charge in [-0.15, -0.1) is 11.8 Å².